The molecule has 1 unspecified atom stereocenters. The van der Waals surface area contributed by atoms with E-state index in [1.54, 1.807) is 13.1 Å². The molecule has 0 aromatic heterocycles. The molecule has 1 aliphatic rings. The van der Waals surface area contributed by atoms with E-state index in [0.29, 0.717) is 5.69 Å². The Hall–Kier alpha value is -2.40. The number of nitrogens with one attached hydrogen (secondary N) is 1. The molecule has 5 heteroatoms. The smallest absolute Gasteiger partial charge is 0.179 e. The number of piperazine rings is 1. The van der Waals surface area contributed by atoms with Crippen LogP contribution in [0.5, 0.6) is 0 Å². The monoisotopic (exact) mass is 341 g/mol. The molecule has 2 aromatic rings. The van der Waals surface area contributed by atoms with Crippen LogP contribution in [0.3, 0.4) is 0 Å². The highest BCUT2D eigenvalue weighted by Crippen LogP contribution is 2.23. The fourth-order valence-electron chi connectivity index (χ4n) is 3.13. The van der Waals surface area contributed by atoms with Crippen molar-refractivity contribution in [3.05, 3.63) is 59.9 Å². The minimum absolute atomic E-state index is 0.0958. The van der Waals surface area contributed by atoms with E-state index >= 15 is 0 Å². The Morgan fingerprint density at radius 2 is 1.60 bits per heavy atom. The molecule has 2 aromatic carbocycles. The van der Waals surface area contributed by atoms with Crippen LogP contribution in [0.15, 0.2) is 48.5 Å². The normalized spacial score (nSPS) is 16.0. The zero-order chi connectivity index (χ0) is 17.8. The summed E-state index contributed by atoms with van der Waals surface area (Å²) in [5, 5.41) is 2.97. The molecule has 25 heavy (non-hydrogen) atoms. The maximum Gasteiger partial charge on any atom is 0.179 e. The number of carbonyl (C=O) groups is 1. The zero-order valence-electron chi connectivity index (χ0n) is 14.7. The Kier molecular flexibility index (Phi) is 5.34. The number of carbonyl (C=O) groups excluding carboxylic acids is 1. The molecule has 4 nitrogen and oxygen atoms in total. The minimum atomic E-state index is -0.185. The van der Waals surface area contributed by atoms with Crippen LogP contribution in [0.4, 0.5) is 15.8 Å². The second-order valence-electron chi connectivity index (χ2n) is 6.35. The van der Waals surface area contributed by atoms with E-state index in [4.69, 9.17) is 0 Å². The predicted octanol–water partition coefficient (Wildman–Crippen LogP) is 2.94. The van der Waals surface area contributed by atoms with Crippen LogP contribution in [0, 0.1) is 5.82 Å². The van der Waals surface area contributed by atoms with Gasteiger partial charge in [0.2, 0.25) is 0 Å². The Morgan fingerprint density at radius 1 is 1.00 bits per heavy atom. The van der Waals surface area contributed by atoms with Crippen LogP contribution in [-0.2, 0) is 0 Å². The molecule has 0 amide bonds. The zero-order valence-corrected chi connectivity index (χ0v) is 14.7. The maximum absolute atomic E-state index is 13.9. The second-order valence-corrected chi connectivity index (χ2v) is 6.35. The van der Waals surface area contributed by atoms with Crippen molar-refractivity contribution < 1.29 is 9.18 Å². The molecule has 1 fully saturated rings. The highest BCUT2D eigenvalue weighted by Gasteiger charge is 2.20. The lowest BCUT2D eigenvalue weighted by Crippen LogP contribution is -2.46. The number of ketones is 1. The van der Waals surface area contributed by atoms with Crippen molar-refractivity contribution in [3.63, 3.8) is 0 Å². The quantitative estimate of drug-likeness (QED) is 0.848. The number of hydrogen-bond acceptors (Lipinski definition) is 4. The summed E-state index contributed by atoms with van der Waals surface area (Å²) < 4.78 is 13.9. The number of hydrogen-bond donors (Lipinski definition) is 1. The number of Topliss-reactive ketones (excluding diaryl/α,β-unsaturated/α-hetero) is 1. The van der Waals surface area contributed by atoms with Gasteiger partial charge in [-0.15, -0.1) is 0 Å². The average molecular weight is 341 g/mol. The summed E-state index contributed by atoms with van der Waals surface area (Å²) in [7, 11) is 1.78. The molecule has 0 spiro atoms. The van der Waals surface area contributed by atoms with Crippen LogP contribution in [0.25, 0.3) is 0 Å². The van der Waals surface area contributed by atoms with Crippen LogP contribution in [0.2, 0.25) is 0 Å². The van der Waals surface area contributed by atoms with Crippen molar-refractivity contribution in [1.29, 1.82) is 0 Å². The molecule has 1 N–H and O–H groups in total. The Balaban J connectivity index is 1.63. The Bertz CT molecular complexity index is 724. The van der Waals surface area contributed by atoms with E-state index in [2.05, 4.69) is 15.1 Å². The van der Waals surface area contributed by atoms with E-state index in [1.165, 1.54) is 6.07 Å². The standard InChI is InChI=1S/C20H24FN3O/c1-15(22-2)20(25)16-7-9-17(10-8-16)23-11-13-24(14-12-23)19-6-4-3-5-18(19)21/h3-10,15,22H,11-14H2,1-2H3. The summed E-state index contributed by atoms with van der Waals surface area (Å²) in [6, 6.07) is 14.5. The van der Waals surface area contributed by atoms with Gasteiger partial charge < -0.3 is 15.1 Å². The number of benzene rings is 2. The van der Waals surface area contributed by atoms with Gasteiger partial charge in [0.1, 0.15) is 5.82 Å². The second kappa shape index (κ2) is 7.66. The van der Waals surface area contributed by atoms with Crippen molar-refractivity contribution in [2.75, 3.05) is 43.0 Å². The third-order valence-corrected chi connectivity index (χ3v) is 4.82. The third kappa shape index (κ3) is 3.82. The third-order valence-electron chi connectivity index (χ3n) is 4.82. The van der Waals surface area contributed by atoms with E-state index in [0.717, 1.165) is 37.4 Å². The predicted molar refractivity (Wildman–Crippen MR) is 100 cm³/mol. The van der Waals surface area contributed by atoms with Gasteiger partial charge in [0, 0.05) is 37.4 Å². The van der Waals surface area contributed by atoms with Gasteiger partial charge in [-0.1, -0.05) is 12.1 Å². The molecule has 1 atom stereocenters. The van der Waals surface area contributed by atoms with Gasteiger partial charge in [-0.3, -0.25) is 4.79 Å². The maximum atomic E-state index is 13.9. The molecule has 1 saturated heterocycles. The number of para-hydroxylation sites is 1. The van der Waals surface area contributed by atoms with Gasteiger partial charge in [-0.05, 0) is 50.4 Å². The molecule has 132 valence electrons. The fraction of sp³-hybridized carbons (Fsp3) is 0.350. The Morgan fingerprint density at radius 3 is 2.20 bits per heavy atom. The molecule has 0 saturated carbocycles. The highest BCUT2D eigenvalue weighted by atomic mass is 19.1. The summed E-state index contributed by atoms with van der Waals surface area (Å²) in [6.07, 6.45) is 0. The average Bonchev–Trinajstić information content (AvgIpc) is 2.67. The molecule has 1 heterocycles. The summed E-state index contributed by atoms with van der Waals surface area (Å²) >= 11 is 0. The Labute approximate surface area is 148 Å². The topological polar surface area (TPSA) is 35.6 Å². The van der Waals surface area contributed by atoms with E-state index in [1.807, 2.05) is 43.3 Å². The fourth-order valence-corrected chi connectivity index (χ4v) is 3.13. The van der Waals surface area contributed by atoms with Crippen molar-refractivity contribution in [1.82, 2.24) is 5.32 Å². The van der Waals surface area contributed by atoms with Gasteiger partial charge >= 0.3 is 0 Å². The lowest BCUT2D eigenvalue weighted by molar-refractivity contribution is 0.0955. The van der Waals surface area contributed by atoms with Crippen molar-refractivity contribution in [2.24, 2.45) is 0 Å². The number of anilines is 2. The van der Waals surface area contributed by atoms with Crippen molar-refractivity contribution in [2.45, 2.75) is 13.0 Å². The molecular weight excluding hydrogens is 317 g/mol. The molecule has 0 radical (unpaired) electrons. The molecular formula is C20H24FN3O. The van der Waals surface area contributed by atoms with Crippen molar-refractivity contribution in [3.8, 4) is 0 Å². The van der Waals surface area contributed by atoms with Gasteiger partial charge in [0.05, 0.1) is 11.7 Å². The van der Waals surface area contributed by atoms with E-state index < -0.39 is 0 Å². The number of likely N-dealkylation sites (N-methyl/N-ethyl adjacent to an activating group) is 1. The van der Waals surface area contributed by atoms with Crippen molar-refractivity contribution >= 4 is 17.2 Å². The minimum Gasteiger partial charge on any atom is -0.368 e. The number of halogens is 1. The lowest BCUT2D eigenvalue weighted by atomic mass is 10.0. The SMILES string of the molecule is CNC(C)C(=O)c1ccc(N2CCN(c3ccccc3F)CC2)cc1. The summed E-state index contributed by atoms with van der Waals surface area (Å²) in [5.41, 5.74) is 2.49. The van der Waals surface area contributed by atoms with Gasteiger partial charge in [0.15, 0.2) is 5.78 Å². The summed E-state index contributed by atoms with van der Waals surface area (Å²) in [5.74, 6) is -0.0732. The van der Waals surface area contributed by atoms with Crippen LogP contribution >= 0.6 is 0 Å². The molecule has 0 bridgehead atoms. The van der Waals surface area contributed by atoms with Crippen LogP contribution in [-0.4, -0.2) is 45.1 Å². The molecule has 3 rings (SSSR count). The highest BCUT2D eigenvalue weighted by molar-refractivity contribution is 6.00. The lowest BCUT2D eigenvalue weighted by Gasteiger charge is -2.37. The summed E-state index contributed by atoms with van der Waals surface area (Å²) in [6.45, 7) is 5.07. The van der Waals surface area contributed by atoms with E-state index in [-0.39, 0.29) is 17.6 Å². The first-order valence-electron chi connectivity index (χ1n) is 8.66. The number of rotatable bonds is 5. The molecule has 1 aliphatic heterocycles. The number of nitrogens with zero attached hydrogens (tertiary/aromatic N) is 2. The summed E-state index contributed by atoms with van der Waals surface area (Å²) in [4.78, 5) is 16.5. The van der Waals surface area contributed by atoms with Gasteiger partial charge in [-0.2, -0.15) is 0 Å². The van der Waals surface area contributed by atoms with E-state index in [9.17, 15) is 9.18 Å². The van der Waals surface area contributed by atoms with Gasteiger partial charge in [-0.25, -0.2) is 4.39 Å². The van der Waals surface area contributed by atoms with Crippen LogP contribution in [0.1, 0.15) is 17.3 Å². The molecule has 0 aliphatic carbocycles. The van der Waals surface area contributed by atoms with Crippen LogP contribution < -0.4 is 15.1 Å². The first-order valence-corrected chi connectivity index (χ1v) is 8.66. The first kappa shape index (κ1) is 17.4. The first-order chi connectivity index (χ1) is 12.1. The largest absolute Gasteiger partial charge is 0.368 e. The van der Waals surface area contributed by atoms with Gasteiger partial charge in [0.25, 0.3) is 0 Å².